The highest BCUT2D eigenvalue weighted by Gasteiger charge is 2.29. The summed E-state index contributed by atoms with van der Waals surface area (Å²) in [5.41, 5.74) is 0. The first kappa shape index (κ1) is 12.5. The molecule has 0 radical (unpaired) electrons. The van der Waals surface area contributed by atoms with Crippen molar-refractivity contribution in [2.24, 2.45) is 0 Å². The van der Waals surface area contributed by atoms with Crippen LogP contribution in [-0.2, 0) is 17.8 Å². The third-order valence-electron chi connectivity index (χ3n) is 3.18. The van der Waals surface area contributed by atoms with Crippen molar-refractivity contribution in [3.8, 4) is 0 Å². The molecule has 1 aromatic rings. The summed E-state index contributed by atoms with van der Waals surface area (Å²) in [7, 11) is 0. The fourth-order valence-corrected chi connectivity index (χ4v) is 2.16. The van der Waals surface area contributed by atoms with E-state index in [1.807, 2.05) is 11.6 Å². The molecule has 0 atom stereocenters. The van der Waals surface area contributed by atoms with Crippen LogP contribution in [0.5, 0.6) is 0 Å². The highest BCUT2D eigenvalue weighted by Crippen LogP contribution is 2.23. The molecule has 1 fully saturated rings. The molecule has 0 saturated heterocycles. The Labute approximate surface area is 103 Å². The predicted octanol–water partition coefficient (Wildman–Crippen LogP) is 1.35. The predicted molar refractivity (Wildman–Crippen MR) is 65.6 cm³/mol. The zero-order chi connectivity index (χ0) is 12.1. The van der Waals surface area contributed by atoms with Crippen LogP contribution in [0.1, 0.15) is 38.9 Å². The summed E-state index contributed by atoms with van der Waals surface area (Å²) in [5, 5.41) is 7.72. The highest BCUT2D eigenvalue weighted by atomic mass is 16.5. The molecule has 0 unspecified atom stereocenters. The molecular formula is C12H22N4O. The topological polar surface area (TPSA) is 52.0 Å². The number of ether oxygens (including phenoxy) is 1. The Morgan fingerprint density at radius 2 is 2.29 bits per heavy atom. The third-order valence-corrected chi connectivity index (χ3v) is 3.18. The largest absolute Gasteiger partial charge is 0.378 e. The molecule has 1 aliphatic rings. The molecule has 1 saturated carbocycles. The van der Waals surface area contributed by atoms with Gasteiger partial charge in [-0.1, -0.05) is 6.92 Å². The summed E-state index contributed by atoms with van der Waals surface area (Å²) in [4.78, 5) is 4.28. The maximum atomic E-state index is 5.53. The number of hydrogen-bond acceptors (Lipinski definition) is 4. The van der Waals surface area contributed by atoms with Crippen molar-refractivity contribution in [2.45, 2.75) is 58.3 Å². The first-order valence-electron chi connectivity index (χ1n) is 6.55. The van der Waals surface area contributed by atoms with Crippen LogP contribution in [0.4, 0.5) is 0 Å². The van der Waals surface area contributed by atoms with Crippen LogP contribution in [-0.4, -0.2) is 33.5 Å². The Morgan fingerprint density at radius 1 is 1.47 bits per heavy atom. The number of aromatic nitrogens is 3. The summed E-state index contributed by atoms with van der Waals surface area (Å²) in [6.45, 7) is 6.78. The van der Waals surface area contributed by atoms with Gasteiger partial charge in [0.1, 0.15) is 12.2 Å². The lowest BCUT2D eigenvalue weighted by molar-refractivity contribution is -0.0104. The van der Waals surface area contributed by atoms with Gasteiger partial charge in [-0.3, -0.25) is 0 Å². The van der Waals surface area contributed by atoms with Crippen molar-refractivity contribution in [3.63, 3.8) is 0 Å². The fraction of sp³-hybridized carbons (Fsp3) is 0.833. The molecule has 96 valence electrons. The molecule has 1 aliphatic carbocycles. The SMILES string of the molecule is CCCn1ncnc1CNC1CC(OCC)C1. The monoisotopic (exact) mass is 238 g/mol. The van der Waals surface area contributed by atoms with Gasteiger partial charge in [-0.15, -0.1) is 0 Å². The van der Waals surface area contributed by atoms with Gasteiger partial charge in [0.2, 0.25) is 0 Å². The maximum absolute atomic E-state index is 5.53. The molecule has 5 nitrogen and oxygen atoms in total. The van der Waals surface area contributed by atoms with E-state index in [1.54, 1.807) is 6.33 Å². The van der Waals surface area contributed by atoms with Gasteiger partial charge in [0.25, 0.3) is 0 Å². The van der Waals surface area contributed by atoms with Crippen molar-refractivity contribution < 1.29 is 4.74 Å². The third kappa shape index (κ3) is 3.26. The molecule has 17 heavy (non-hydrogen) atoms. The van der Waals surface area contributed by atoms with E-state index in [0.29, 0.717) is 12.1 Å². The summed E-state index contributed by atoms with van der Waals surface area (Å²) >= 11 is 0. The molecule has 1 N–H and O–H groups in total. The number of aryl methyl sites for hydroxylation is 1. The molecule has 0 aromatic carbocycles. The first-order valence-corrected chi connectivity index (χ1v) is 6.55. The van der Waals surface area contributed by atoms with E-state index in [1.165, 1.54) is 0 Å². The van der Waals surface area contributed by atoms with E-state index < -0.39 is 0 Å². The standard InChI is InChI=1S/C12H22N4O/c1-3-5-16-12(14-9-15-16)8-13-10-6-11(7-10)17-4-2/h9-11,13H,3-8H2,1-2H3. The lowest BCUT2D eigenvalue weighted by Crippen LogP contribution is -2.45. The smallest absolute Gasteiger partial charge is 0.140 e. The van der Waals surface area contributed by atoms with Crippen LogP contribution in [0, 0.1) is 0 Å². The summed E-state index contributed by atoms with van der Waals surface area (Å²) in [5.74, 6) is 1.03. The molecule has 0 amide bonds. The lowest BCUT2D eigenvalue weighted by Gasteiger charge is -2.35. The Kier molecular flexibility index (Phi) is 4.50. The minimum Gasteiger partial charge on any atom is -0.378 e. The molecule has 5 heteroatoms. The zero-order valence-corrected chi connectivity index (χ0v) is 10.7. The number of nitrogens with zero attached hydrogens (tertiary/aromatic N) is 3. The van der Waals surface area contributed by atoms with Crippen LogP contribution in [0.15, 0.2) is 6.33 Å². The molecule has 2 rings (SSSR count). The molecular weight excluding hydrogens is 216 g/mol. The summed E-state index contributed by atoms with van der Waals surface area (Å²) in [6.07, 6.45) is 5.43. The second-order valence-electron chi connectivity index (χ2n) is 4.53. The Morgan fingerprint density at radius 3 is 3.00 bits per heavy atom. The maximum Gasteiger partial charge on any atom is 0.140 e. The van der Waals surface area contributed by atoms with E-state index in [9.17, 15) is 0 Å². The number of hydrogen-bond donors (Lipinski definition) is 1. The average molecular weight is 238 g/mol. The number of rotatable bonds is 7. The van der Waals surface area contributed by atoms with Gasteiger partial charge in [0.05, 0.1) is 12.6 Å². The minimum atomic E-state index is 0.464. The van der Waals surface area contributed by atoms with E-state index in [2.05, 4.69) is 22.3 Å². The summed E-state index contributed by atoms with van der Waals surface area (Å²) in [6, 6.07) is 0.582. The van der Waals surface area contributed by atoms with Crippen LogP contribution >= 0.6 is 0 Å². The first-order chi connectivity index (χ1) is 8.33. The van der Waals surface area contributed by atoms with Crippen molar-refractivity contribution in [2.75, 3.05) is 6.61 Å². The quantitative estimate of drug-likeness (QED) is 0.779. The van der Waals surface area contributed by atoms with E-state index >= 15 is 0 Å². The van der Waals surface area contributed by atoms with Crippen molar-refractivity contribution in [1.82, 2.24) is 20.1 Å². The number of nitrogens with one attached hydrogen (secondary N) is 1. The van der Waals surface area contributed by atoms with Crippen LogP contribution in [0.2, 0.25) is 0 Å². The second kappa shape index (κ2) is 6.12. The van der Waals surface area contributed by atoms with Gasteiger partial charge in [0, 0.05) is 19.2 Å². The van der Waals surface area contributed by atoms with Gasteiger partial charge < -0.3 is 10.1 Å². The van der Waals surface area contributed by atoms with Gasteiger partial charge in [-0.25, -0.2) is 9.67 Å². The van der Waals surface area contributed by atoms with Crippen LogP contribution in [0.3, 0.4) is 0 Å². The molecule has 0 aliphatic heterocycles. The van der Waals surface area contributed by atoms with Crippen LogP contribution in [0.25, 0.3) is 0 Å². The van der Waals surface area contributed by atoms with Gasteiger partial charge in [0.15, 0.2) is 0 Å². The normalized spacial score (nSPS) is 23.6. The van der Waals surface area contributed by atoms with Gasteiger partial charge >= 0.3 is 0 Å². The Hall–Kier alpha value is -0.940. The Bertz CT molecular complexity index is 333. The average Bonchev–Trinajstić information content (AvgIpc) is 2.70. The van der Waals surface area contributed by atoms with Gasteiger partial charge in [-0.2, -0.15) is 5.10 Å². The summed E-state index contributed by atoms with van der Waals surface area (Å²) < 4.78 is 7.51. The van der Waals surface area contributed by atoms with Crippen molar-refractivity contribution in [3.05, 3.63) is 12.2 Å². The fourth-order valence-electron chi connectivity index (χ4n) is 2.16. The molecule has 0 bridgehead atoms. The highest BCUT2D eigenvalue weighted by molar-refractivity contribution is 4.90. The van der Waals surface area contributed by atoms with Crippen LogP contribution < -0.4 is 5.32 Å². The van der Waals surface area contributed by atoms with E-state index in [4.69, 9.17) is 4.74 Å². The molecule has 1 aromatic heterocycles. The molecule has 1 heterocycles. The van der Waals surface area contributed by atoms with Gasteiger partial charge in [-0.05, 0) is 26.2 Å². The molecule has 0 spiro atoms. The minimum absolute atomic E-state index is 0.464. The second-order valence-corrected chi connectivity index (χ2v) is 4.53. The van der Waals surface area contributed by atoms with E-state index in [-0.39, 0.29) is 0 Å². The van der Waals surface area contributed by atoms with Crippen molar-refractivity contribution >= 4 is 0 Å². The Balaban J connectivity index is 1.70. The lowest BCUT2D eigenvalue weighted by atomic mass is 9.89. The zero-order valence-electron chi connectivity index (χ0n) is 10.7. The van der Waals surface area contributed by atoms with E-state index in [0.717, 1.165) is 44.8 Å². The van der Waals surface area contributed by atoms with Crippen molar-refractivity contribution in [1.29, 1.82) is 0 Å².